The summed E-state index contributed by atoms with van der Waals surface area (Å²) < 4.78 is 0. The van der Waals surface area contributed by atoms with E-state index >= 15 is 0 Å². The van der Waals surface area contributed by atoms with Gasteiger partial charge in [-0.15, -0.1) is 11.8 Å². The Hall–Kier alpha value is -3.05. The van der Waals surface area contributed by atoms with E-state index in [0.29, 0.717) is 17.8 Å². The first-order valence-electron chi connectivity index (χ1n) is 9.11. The second-order valence-electron chi connectivity index (χ2n) is 6.19. The number of benzene rings is 3. The summed E-state index contributed by atoms with van der Waals surface area (Å²) in [7, 11) is 0. The van der Waals surface area contributed by atoms with Crippen LogP contribution in [0, 0.1) is 0 Å². The normalized spacial score (nSPS) is 10.3. The number of nitrogens with one attached hydrogen (secondary N) is 2. The zero-order valence-electron chi connectivity index (χ0n) is 15.4. The van der Waals surface area contributed by atoms with Crippen molar-refractivity contribution in [2.45, 2.75) is 11.3 Å². The first-order chi connectivity index (χ1) is 13.7. The molecule has 0 bridgehead atoms. The van der Waals surface area contributed by atoms with Crippen molar-refractivity contribution in [1.82, 2.24) is 5.32 Å². The van der Waals surface area contributed by atoms with Crippen LogP contribution in [0.3, 0.4) is 0 Å². The Balaban J connectivity index is 1.54. The molecule has 0 spiro atoms. The molecule has 142 valence electrons. The number of carbonyl (C=O) groups excluding carboxylic acids is 2. The molecule has 0 saturated carbocycles. The molecule has 0 heterocycles. The number of amides is 2. The quantitative estimate of drug-likeness (QED) is 0.561. The van der Waals surface area contributed by atoms with E-state index in [-0.39, 0.29) is 17.6 Å². The Bertz CT molecular complexity index is 914. The molecule has 0 aliphatic rings. The van der Waals surface area contributed by atoms with Crippen molar-refractivity contribution in [3.05, 3.63) is 96.1 Å². The second-order valence-corrected chi connectivity index (χ2v) is 7.24. The molecule has 4 nitrogen and oxygen atoms in total. The summed E-state index contributed by atoms with van der Waals surface area (Å²) in [5, 5.41) is 5.77. The maximum absolute atomic E-state index is 12.5. The largest absolute Gasteiger partial charge is 0.352 e. The molecule has 0 aliphatic heterocycles. The van der Waals surface area contributed by atoms with Gasteiger partial charge in [-0.3, -0.25) is 9.59 Å². The lowest BCUT2D eigenvalue weighted by atomic mass is 10.1. The molecule has 0 aliphatic carbocycles. The minimum atomic E-state index is -0.192. The van der Waals surface area contributed by atoms with Gasteiger partial charge in [0.2, 0.25) is 5.91 Å². The minimum Gasteiger partial charge on any atom is -0.352 e. The number of thioether (sulfide) groups is 1. The second kappa shape index (κ2) is 10.3. The summed E-state index contributed by atoms with van der Waals surface area (Å²) in [6, 6.07) is 26.8. The van der Waals surface area contributed by atoms with Gasteiger partial charge in [-0.2, -0.15) is 0 Å². The van der Waals surface area contributed by atoms with E-state index in [9.17, 15) is 9.59 Å². The molecular formula is C23H22N2O2S. The van der Waals surface area contributed by atoms with Gasteiger partial charge in [0, 0.05) is 11.4 Å². The Morgan fingerprint density at radius 2 is 1.43 bits per heavy atom. The molecule has 0 fully saturated rings. The van der Waals surface area contributed by atoms with Crippen LogP contribution >= 0.6 is 11.8 Å². The summed E-state index contributed by atoms with van der Waals surface area (Å²) in [5.74, 6) is -0.0468. The Kier molecular flexibility index (Phi) is 7.27. The lowest BCUT2D eigenvalue weighted by molar-refractivity contribution is -0.113. The third kappa shape index (κ3) is 5.99. The third-order valence-corrected chi connectivity index (χ3v) is 5.11. The van der Waals surface area contributed by atoms with E-state index in [1.54, 1.807) is 24.3 Å². The van der Waals surface area contributed by atoms with Crippen LogP contribution < -0.4 is 10.6 Å². The van der Waals surface area contributed by atoms with Gasteiger partial charge in [0.1, 0.15) is 0 Å². The van der Waals surface area contributed by atoms with Gasteiger partial charge in [0.25, 0.3) is 5.91 Å². The van der Waals surface area contributed by atoms with Gasteiger partial charge >= 0.3 is 0 Å². The molecule has 2 N–H and O–H groups in total. The highest BCUT2D eigenvalue weighted by atomic mass is 32.2. The zero-order valence-corrected chi connectivity index (χ0v) is 16.2. The maximum Gasteiger partial charge on any atom is 0.253 e. The Labute approximate surface area is 169 Å². The molecule has 0 radical (unpaired) electrons. The van der Waals surface area contributed by atoms with Crippen molar-refractivity contribution < 1.29 is 9.59 Å². The molecule has 0 aromatic heterocycles. The molecule has 0 atom stereocenters. The van der Waals surface area contributed by atoms with Crippen LogP contribution in [0.2, 0.25) is 0 Å². The van der Waals surface area contributed by atoms with Crippen molar-refractivity contribution >= 4 is 29.3 Å². The third-order valence-electron chi connectivity index (χ3n) is 4.10. The molecule has 0 saturated heterocycles. The topological polar surface area (TPSA) is 58.2 Å². The van der Waals surface area contributed by atoms with E-state index in [1.807, 2.05) is 60.7 Å². The van der Waals surface area contributed by atoms with Gasteiger partial charge in [0.15, 0.2) is 0 Å². The van der Waals surface area contributed by atoms with Crippen molar-refractivity contribution in [2.24, 2.45) is 0 Å². The Morgan fingerprint density at radius 3 is 2.18 bits per heavy atom. The molecule has 5 heteroatoms. The van der Waals surface area contributed by atoms with Gasteiger partial charge in [-0.25, -0.2) is 0 Å². The number of para-hydroxylation sites is 1. The monoisotopic (exact) mass is 390 g/mol. The summed E-state index contributed by atoms with van der Waals surface area (Å²) in [6.45, 7) is 0.537. The molecule has 28 heavy (non-hydrogen) atoms. The fourth-order valence-electron chi connectivity index (χ4n) is 2.70. The first-order valence-corrected chi connectivity index (χ1v) is 10.1. The maximum atomic E-state index is 12.5. The summed E-state index contributed by atoms with van der Waals surface area (Å²) in [6.07, 6.45) is 0.759. The lowest BCUT2D eigenvalue weighted by Gasteiger charge is -2.11. The van der Waals surface area contributed by atoms with Crippen molar-refractivity contribution in [1.29, 1.82) is 0 Å². The van der Waals surface area contributed by atoms with Gasteiger partial charge in [0.05, 0.1) is 17.0 Å². The fourth-order valence-corrected chi connectivity index (χ4v) is 3.42. The van der Waals surface area contributed by atoms with Crippen molar-refractivity contribution in [3.63, 3.8) is 0 Å². The number of anilines is 1. The standard InChI is InChI=1S/C23H22N2O2S/c26-22(17-28-19-11-5-2-6-12-19)25-21-14-8-7-13-20(21)23(27)24-16-15-18-9-3-1-4-10-18/h1-14H,15-17H2,(H,24,27)(H,25,26). The van der Waals surface area contributed by atoms with E-state index in [4.69, 9.17) is 0 Å². The number of carbonyl (C=O) groups is 2. The summed E-state index contributed by atoms with van der Waals surface area (Å²) in [4.78, 5) is 25.9. The predicted molar refractivity (Wildman–Crippen MR) is 115 cm³/mol. The van der Waals surface area contributed by atoms with Gasteiger partial charge in [-0.05, 0) is 36.2 Å². The van der Waals surface area contributed by atoms with Crippen molar-refractivity contribution in [2.75, 3.05) is 17.6 Å². The molecule has 3 aromatic carbocycles. The molecule has 0 unspecified atom stereocenters. The van der Waals surface area contributed by atoms with Crippen LogP contribution in [-0.4, -0.2) is 24.1 Å². The highest BCUT2D eigenvalue weighted by Crippen LogP contribution is 2.19. The highest BCUT2D eigenvalue weighted by molar-refractivity contribution is 8.00. The number of hydrogen-bond acceptors (Lipinski definition) is 3. The van der Waals surface area contributed by atoms with Crippen molar-refractivity contribution in [3.8, 4) is 0 Å². The van der Waals surface area contributed by atoms with Crippen LogP contribution in [0.1, 0.15) is 15.9 Å². The Morgan fingerprint density at radius 1 is 0.786 bits per heavy atom. The average molecular weight is 391 g/mol. The van der Waals surface area contributed by atoms with E-state index < -0.39 is 0 Å². The zero-order chi connectivity index (χ0) is 19.6. The summed E-state index contributed by atoms with van der Waals surface area (Å²) >= 11 is 1.46. The fraction of sp³-hybridized carbons (Fsp3) is 0.130. The van der Waals surface area contributed by atoms with Crippen LogP contribution in [0.15, 0.2) is 89.8 Å². The minimum absolute atomic E-state index is 0.140. The molecule has 2 amide bonds. The molecule has 3 aromatic rings. The lowest BCUT2D eigenvalue weighted by Crippen LogP contribution is -2.27. The van der Waals surface area contributed by atoms with E-state index in [0.717, 1.165) is 11.3 Å². The SMILES string of the molecule is O=C(CSc1ccccc1)Nc1ccccc1C(=O)NCCc1ccccc1. The highest BCUT2D eigenvalue weighted by Gasteiger charge is 2.13. The smallest absolute Gasteiger partial charge is 0.253 e. The van der Waals surface area contributed by atoms with Crippen LogP contribution in [0.4, 0.5) is 5.69 Å². The predicted octanol–water partition coefficient (Wildman–Crippen LogP) is 4.39. The molecular weight excluding hydrogens is 368 g/mol. The average Bonchev–Trinajstić information content (AvgIpc) is 2.74. The van der Waals surface area contributed by atoms with Gasteiger partial charge < -0.3 is 10.6 Å². The van der Waals surface area contributed by atoms with E-state index in [2.05, 4.69) is 10.6 Å². The van der Waals surface area contributed by atoms with Crippen LogP contribution in [0.25, 0.3) is 0 Å². The van der Waals surface area contributed by atoms with Crippen LogP contribution in [-0.2, 0) is 11.2 Å². The van der Waals surface area contributed by atoms with E-state index in [1.165, 1.54) is 17.3 Å². The number of hydrogen-bond donors (Lipinski definition) is 2. The van der Waals surface area contributed by atoms with Crippen LogP contribution in [0.5, 0.6) is 0 Å². The number of rotatable bonds is 8. The first kappa shape index (κ1) is 19.7. The van der Waals surface area contributed by atoms with Gasteiger partial charge in [-0.1, -0.05) is 60.7 Å². The summed E-state index contributed by atoms with van der Waals surface area (Å²) in [5.41, 5.74) is 2.16. The molecule has 3 rings (SSSR count).